The highest BCUT2D eigenvalue weighted by Crippen LogP contribution is 2.07. The van der Waals surface area contributed by atoms with E-state index in [1.807, 2.05) is 0 Å². The molecule has 0 aliphatic carbocycles. The zero-order valence-electron chi connectivity index (χ0n) is 11.6. The Labute approximate surface area is 113 Å². The zero-order valence-corrected chi connectivity index (χ0v) is 12.4. The Bertz CT molecular complexity index is 106. The predicted molar refractivity (Wildman–Crippen MR) is 69.1 cm³/mol. The van der Waals surface area contributed by atoms with Gasteiger partial charge in [-0.2, -0.15) is 0 Å². The molecule has 108 valence electrons. The molecule has 3 nitrogen and oxygen atoms in total. The molecule has 1 unspecified atom stereocenters. The fourth-order valence-electron chi connectivity index (χ4n) is 1.31. The minimum atomic E-state index is -0.560. The third-order valence-electron chi connectivity index (χ3n) is 2.37. The number of halogens is 1. The molecule has 1 atom stereocenters. The van der Waals surface area contributed by atoms with Crippen LogP contribution in [0, 0.1) is 0 Å². The third-order valence-corrected chi connectivity index (χ3v) is 2.37. The average Bonchev–Trinajstić information content (AvgIpc) is 2.29. The standard InChI is InChI=1S/C10H23N.C3H8O2.ClH/c1-2-3-4-5-6-7-8-9-10-11;1-3(5)2-4;/h2-11H2,1H3;3-5H,2H2,1H3;1H. The van der Waals surface area contributed by atoms with Crippen molar-refractivity contribution in [2.75, 3.05) is 13.2 Å². The van der Waals surface area contributed by atoms with E-state index in [1.165, 1.54) is 58.3 Å². The lowest BCUT2D eigenvalue weighted by atomic mass is 10.1. The molecule has 0 aliphatic heterocycles. The molecule has 0 amide bonds. The minimum absolute atomic E-state index is 0. The van der Waals surface area contributed by atoms with Crippen LogP contribution in [0.15, 0.2) is 0 Å². The van der Waals surface area contributed by atoms with Crippen molar-refractivity contribution in [3.63, 3.8) is 0 Å². The lowest BCUT2D eigenvalue weighted by molar-refractivity contribution is -0.368. The molecule has 0 rings (SSSR count). The summed E-state index contributed by atoms with van der Waals surface area (Å²) in [4.78, 5) is 0. The topological polar surface area (TPSA) is 68.1 Å². The van der Waals surface area contributed by atoms with Crippen molar-refractivity contribution in [1.29, 1.82) is 0 Å². The smallest absolute Gasteiger partial charge is 0.0742 e. The van der Waals surface area contributed by atoms with Gasteiger partial charge in [0, 0.05) is 0 Å². The molecular weight excluding hydrogens is 238 g/mol. The summed E-state index contributed by atoms with van der Waals surface area (Å²) >= 11 is 0. The Morgan fingerprint density at radius 1 is 0.941 bits per heavy atom. The molecule has 5 N–H and O–H groups in total. The second-order valence-corrected chi connectivity index (χ2v) is 4.36. The van der Waals surface area contributed by atoms with E-state index in [-0.39, 0.29) is 19.0 Å². The normalized spacial score (nSPS) is 11.1. The first-order chi connectivity index (χ1) is 7.68. The number of rotatable bonds is 9. The van der Waals surface area contributed by atoms with Gasteiger partial charge in [0.05, 0.1) is 19.3 Å². The zero-order chi connectivity index (χ0) is 12.6. The van der Waals surface area contributed by atoms with Crippen molar-refractivity contribution in [2.24, 2.45) is 0 Å². The summed E-state index contributed by atoms with van der Waals surface area (Å²) in [5, 5.41) is 16.0. The molecule has 0 spiro atoms. The molecule has 17 heavy (non-hydrogen) atoms. The minimum Gasteiger partial charge on any atom is -1.00 e. The number of hydrogen-bond donors (Lipinski definition) is 3. The van der Waals surface area contributed by atoms with Gasteiger partial charge >= 0.3 is 0 Å². The van der Waals surface area contributed by atoms with Gasteiger partial charge in [-0.05, 0) is 19.8 Å². The van der Waals surface area contributed by atoms with Crippen molar-refractivity contribution in [3.8, 4) is 0 Å². The van der Waals surface area contributed by atoms with Crippen molar-refractivity contribution in [2.45, 2.75) is 71.3 Å². The summed E-state index contributed by atoms with van der Waals surface area (Å²) in [5.74, 6) is 0. The van der Waals surface area contributed by atoms with Gasteiger partial charge in [-0.15, -0.1) is 0 Å². The Morgan fingerprint density at radius 2 is 1.29 bits per heavy atom. The lowest BCUT2D eigenvalue weighted by Crippen LogP contribution is -3.00. The second kappa shape index (κ2) is 21.5. The van der Waals surface area contributed by atoms with Crippen molar-refractivity contribution in [1.82, 2.24) is 0 Å². The summed E-state index contributed by atoms with van der Waals surface area (Å²) in [6, 6.07) is 0. The van der Waals surface area contributed by atoms with Gasteiger partial charge < -0.3 is 28.4 Å². The van der Waals surface area contributed by atoms with Crippen LogP contribution in [0.5, 0.6) is 0 Å². The number of hydrogen-bond acceptors (Lipinski definition) is 2. The van der Waals surface area contributed by atoms with Crippen LogP contribution in [0.3, 0.4) is 0 Å². The number of aliphatic hydroxyl groups is 2. The molecule has 0 fully saturated rings. The summed E-state index contributed by atoms with van der Waals surface area (Å²) in [5.41, 5.74) is 3.83. The highest BCUT2D eigenvalue weighted by molar-refractivity contribution is 4.44. The van der Waals surface area contributed by atoms with E-state index in [1.54, 1.807) is 0 Å². The van der Waals surface area contributed by atoms with E-state index in [2.05, 4.69) is 12.7 Å². The van der Waals surface area contributed by atoms with E-state index in [0.29, 0.717) is 0 Å². The quantitative estimate of drug-likeness (QED) is 0.457. The molecule has 0 aliphatic rings. The average molecular weight is 270 g/mol. The van der Waals surface area contributed by atoms with Crippen LogP contribution in [0.25, 0.3) is 0 Å². The molecule has 0 aromatic rings. The maximum absolute atomic E-state index is 8.11. The van der Waals surface area contributed by atoms with Crippen LogP contribution in [-0.2, 0) is 0 Å². The molecule has 0 bridgehead atoms. The van der Waals surface area contributed by atoms with Gasteiger partial charge in [0.1, 0.15) is 0 Å². The van der Waals surface area contributed by atoms with Crippen molar-refractivity contribution in [3.05, 3.63) is 0 Å². The van der Waals surface area contributed by atoms with E-state index >= 15 is 0 Å². The third kappa shape index (κ3) is 31.4. The van der Waals surface area contributed by atoms with E-state index in [4.69, 9.17) is 10.2 Å². The highest BCUT2D eigenvalue weighted by Gasteiger charge is 1.89. The molecule has 0 aromatic carbocycles. The van der Waals surface area contributed by atoms with Crippen LogP contribution in [0.2, 0.25) is 0 Å². The largest absolute Gasteiger partial charge is 1.00 e. The van der Waals surface area contributed by atoms with E-state index in [9.17, 15) is 0 Å². The van der Waals surface area contributed by atoms with Crippen LogP contribution in [0.4, 0.5) is 0 Å². The molecule has 0 aromatic heterocycles. The first-order valence-corrected chi connectivity index (χ1v) is 6.77. The Balaban J connectivity index is -0.000000280. The summed E-state index contributed by atoms with van der Waals surface area (Å²) in [6.45, 7) is 4.78. The maximum atomic E-state index is 8.11. The predicted octanol–water partition coefficient (Wildman–Crippen LogP) is -1.27. The summed E-state index contributed by atoms with van der Waals surface area (Å²) in [7, 11) is 0. The van der Waals surface area contributed by atoms with Gasteiger partial charge in [-0.3, -0.25) is 0 Å². The summed E-state index contributed by atoms with van der Waals surface area (Å²) < 4.78 is 0. The fourth-order valence-corrected chi connectivity index (χ4v) is 1.31. The molecule has 0 heterocycles. The SMILES string of the molecule is CC(O)CO.CCCCCCCCCC[NH3+].[Cl-]. The maximum Gasteiger partial charge on any atom is 0.0742 e. The first kappa shape index (κ1) is 22.4. The number of aliphatic hydroxyl groups excluding tert-OH is 2. The summed E-state index contributed by atoms with van der Waals surface area (Å²) in [6.07, 6.45) is 10.7. The van der Waals surface area contributed by atoms with Gasteiger partial charge in [0.25, 0.3) is 0 Å². The van der Waals surface area contributed by atoms with Crippen LogP contribution < -0.4 is 18.1 Å². The van der Waals surface area contributed by atoms with Gasteiger partial charge in [-0.1, -0.05) is 45.4 Å². The molecular formula is C13H32ClNO2. The fraction of sp³-hybridized carbons (Fsp3) is 1.00. The first-order valence-electron chi connectivity index (χ1n) is 6.77. The van der Waals surface area contributed by atoms with Crippen LogP contribution in [0.1, 0.15) is 65.2 Å². The van der Waals surface area contributed by atoms with Crippen LogP contribution in [-0.4, -0.2) is 29.5 Å². The number of unbranched alkanes of at least 4 members (excludes halogenated alkanes) is 7. The highest BCUT2D eigenvalue weighted by atomic mass is 35.5. The van der Waals surface area contributed by atoms with Gasteiger partial charge in [0.2, 0.25) is 0 Å². The van der Waals surface area contributed by atoms with E-state index < -0.39 is 6.10 Å². The monoisotopic (exact) mass is 269 g/mol. The Kier molecular flexibility index (Phi) is 28.2. The van der Waals surface area contributed by atoms with Gasteiger partial charge in [0.15, 0.2) is 0 Å². The molecule has 0 radical (unpaired) electrons. The van der Waals surface area contributed by atoms with Gasteiger partial charge in [-0.25, -0.2) is 0 Å². The Morgan fingerprint density at radius 3 is 1.59 bits per heavy atom. The molecule has 4 heteroatoms. The molecule has 0 saturated carbocycles. The number of quaternary nitrogens is 1. The van der Waals surface area contributed by atoms with Crippen molar-refractivity contribution >= 4 is 0 Å². The second-order valence-electron chi connectivity index (χ2n) is 4.36. The van der Waals surface area contributed by atoms with Crippen molar-refractivity contribution < 1.29 is 28.4 Å². The van der Waals surface area contributed by atoms with Crippen LogP contribution >= 0.6 is 0 Å². The Hall–Kier alpha value is 0.170. The molecule has 0 saturated heterocycles. The van der Waals surface area contributed by atoms with E-state index in [0.717, 1.165) is 6.54 Å². The lowest BCUT2D eigenvalue weighted by Gasteiger charge is -1.98.